The fraction of sp³-hybridized carbons (Fsp3) is 0.750. The minimum atomic E-state index is -0.160. The van der Waals surface area contributed by atoms with E-state index in [1.807, 2.05) is 14.0 Å². The highest BCUT2D eigenvalue weighted by atomic mass is 16.5. The second kappa shape index (κ2) is 6.72. The van der Waals surface area contributed by atoms with E-state index in [0.29, 0.717) is 18.3 Å². The van der Waals surface area contributed by atoms with Gasteiger partial charge >= 0.3 is 0 Å². The van der Waals surface area contributed by atoms with E-state index in [2.05, 4.69) is 24.4 Å². The van der Waals surface area contributed by atoms with Gasteiger partial charge in [0.25, 0.3) is 0 Å². The van der Waals surface area contributed by atoms with Gasteiger partial charge in [-0.2, -0.15) is 5.10 Å². The lowest BCUT2D eigenvalue weighted by Gasteiger charge is -2.29. The van der Waals surface area contributed by atoms with Crippen molar-refractivity contribution in [3.8, 4) is 5.75 Å². The number of ether oxygens (including phenoxy) is 2. The summed E-state index contributed by atoms with van der Waals surface area (Å²) in [5.41, 5.74) is 3.72. The van der Waals surface area contributed by atoms with E-state index >= 15 is 0 Å². The Balaban J connectivity index is 3.09. The molecule has 2 atom stereocenters. The second-order valence-electron chi connectivity index (χ2n) is 4.53. The van der Waals surface area contributed by atoms with Crippen LogP contribution < -0.4 is 16.0 Å². The molecule has 0 spiro atoms. The monoisotopic (exact) mass is 256 g/mol. The smallest absolute Gasteiger partial charge is 0.161 e. The summed E-state index contributed by atoms with van der Waals surface area (Å²) in [6, 6.07) is -0.160. The van der Waals surface area contributed by atoms with E-state index in [-0.39, 0.29) is 12.1 Å². The lowest BCUT2D eigenvalue weighted by molar-refractivity contribution is 0.000361. The molecular formula is C12H24N4O2. The summed E-state index contributed by atoms with van der Waals surface area (Å²) in [5, 5.41) is 4.20. The Kier molecular flexibility index (Phi) is 5.58. The Hall–Kier alpha value is -1.11. The lowest BCUT2D eigenvalue weighted by atomic mass is 9.97. The molecule has 0 aromatic carbocycles. The number of aryl methyl sites for hydroxylation is 1. The van der Waals surface area contributed by atoms with Gasteiger partial charge in [-0.1, -0.05) is 13.8 Å². The van der Waals surface area contributed by atoms with Crippen LogP contribution in [0.2, 0.25) is 0 Å². The number of nitrogens with two attached hydrogens (primary N) is 1. The quantitative estimate of drug-likeness (QED) is 0.562. The van der Waals surface area contributed by atoms with Crippen molar-refractivity contribution in [2.75, 3.05) is 13.7 Å². The maximum atomic E-state index is 5.80. The van der Waals surface area contributed by atoms with Crippen LogP contribution in [0.5, 0.6) is 5.75 Å². The van der Waals surface area contributed by atoms with Crippen molar-refractivity contribution < 1.29 is 9.47 Å². The molecule has 1 aromatic rings. The van der Waals surface area contributed by atoms with Crippen LogP contribution in [0.25, 0.3) is 0 Å². The number of hydrazine groups is 1. The molecule has 6 heteroatoms. The minimum Gasteiger partial charge on any atom is -0.493 e. The molecule has 1 heterocycles. The van der Waals surface area contributed by atoms with Gasteiger partial charge in [-0.15, -0.1) is 0 Å². The number of rotatable bonds is 7. The zero-order valence-electron chi connectivity index (χ0n) is 11.8. The largest absolute Gasteiger partial charge is 0.493 e. The summed E-state index contributed by atoms with van der Waals surface area (Å²) < 4.78 is 12.9. The van der Waals surface area contributed by atoms with Gasteiger partial charge in [0.05, 0.1) is 25.5 Å². The highest BCUT2D eigenvalue weighted by Crippen LogP contribution is 2.30. The lowest BCUT2D eigenvalue weighted by Crippen LogP contribution is -2.42. The van der Waals surface area contributed by atoms with E-state index < -0.39 is 0 Å². The van der Waals surface area contributed by atoms with Crippen LogP contribution in [0.3, 0.4) is 0 Å². The molecule has 0 amide bonds. The molecule has 6 nitrogen and oxygen atoms in total. The Bertz CT molecular complexity index is 365. The van der Waals surface area contributed by atoms with Crippen molar-refractivity contribution >= 4 is 0 Å². The number of aromatic nitrogens is 2. The van der Waals surface area contributed by atoms with E-state index in [0.717, 1.165) is 5.69 Å². The van der Waals surface area contributed by atoms with Crippen LogP contribution in [0.15, 0.2) is 6.20 Å². The number of hydrogen-bond acceptors (Lipinski definition) is 5. The van der Waals surface area contributed by atoms with Gasteiger partial charge < -0.3 is 9.47 Å². The van der Waals surface area contributed by atoms with Gasteiger partial charge in [-0.05, 0) is 12.8 Å². The third-order valence-electron chi connectivity index (χ3n) is 2.99. The standard InChI is InChI=1S/C12H24N4O2/c1-6-18-12(8(2)3)10(15-13)11-9(17-5)7-14-16(11)4/h7-8,10,12,15H,6,13H2,1-5H3. The summed E-state index contributed by atoms with van der Waals surface area (Å²) in [6.45, 7) is 6.83. The van der Waals surface area contributed by atoms with Crippen molar-refractivity contribution in [1.29, 1.82) is 0 Å². The molecule has 1 rings (SSSR count). The summed E-state index contributed by atoms with van der Waals surface area (Å²) >= 11 is 0. The summed E-state index contributed by atoms with van der Waals surface area (Å²) in [4.78, 5) is 0. The first kappa shape index (κ1) is 14.9. The van der Waals surface area contributed by atoms with E-state index in [1.54, 1.807) is 18.0 Å². The molecule has 0 bridgehead atoms. The summed E-state index contributed by atoms with van der Waals surface area (Å²) in [6.07, 6.45) is 1.65. The highest BCUT2D eigenvalue weighted by Gasteiger charge is 2.30. The highest BCUT2D eigenvalue weighted by molar-refractivity contribution is 5.29. The van der Waals surface area contributed by atoms with Crippen molar-refractivity contribution in [2.24, 2.45) is 18.8 Å². The van der Waals surface area contributed by atoms with Crippen LogP contribution in [0.4, 0.5) is 0 Å². The maximum absolute atomic E-state index is 5.80. The van der Waals surface area contributed by atoms with Crippen molar-refractivity contribution in [1.82, 2.24) is 15.2 Å². The zero-order chi connectivity index (χ0) is 13.7. The van der Waals surface area contributed by atoms with Gasteiger partial charge in [0.2, 0.25) is 0 Å². The Morgan fingerprint density at radius 1 is 1.50 bits per heavy atom. The predicted molar refractivity (Wildman–Crippen MR) is 70.1 cm³/mol. The van der Waals surface area contributed by atoms with Gasteiger partial charge in [0.1, 0.15) is 5.69 Å². The first-order valence-corrected chi connectivity index (χ1v) is 6.20. The SMILES string of the molecule is CCOC(C(C)C)C(NN)c1c(OC)cnn1C. The first-order valence-electron chi connectivity index (χ1n) is 6.20. The third-order valence-corrected chi connectivity index (χ3v) is 2.99. The average Bonchev–Trinajstić information content (AvgIpc) is 2.71. The molecule has 0 aliphatic rings. The average molecular weight is 256 g/mol. The third kappa shape index (κ3) is 3.01. The van der Waals surface area contributed by atoms with Crippen molar-refractivity contribution in [3.05, 3.63) is 11.9 Å². The van der Waals surface area contributed by atoms with E-state index in [1.165, 1.54) is 0 Å². The topological polar surface area (TPSA) is 74.3 Å². The molecule has 0 aliphatic carbocycles. The molecular weight excluding hydrogens is 232 g/mol. The molecule has 2 unspecified atom stereocenters. The summed E-state index contributed by atoms with van der Waals surface area (Å²) in [5.74, 6) is 6.74. The van der Waals surface area contributed by atoms with Gasteiger partial charge in [-0.25, -0.2) is 5.43 Å². The normalized spacial score (nSPS) is 14.8. The Morgan fingerprint density at radius 2 is 2.17 bits per heavy atom. The van der Waals surface area contributed by atoms with Gasteiger partial charge in [0.15, 0.2) is 5.75 Å². The zero-order valence-corrected chi connectivity index (χ0v) is 11.8. The van der Waals surface area contributed by atoms with Crippen LogP contribution >= 0.6 is 0 Å². The molecule has 0 saturated carbocycles. The van der Waals surface area contributed by atoms with E-state index in [4.69, 9.17) is 15.3 Å². The minimum absolute atomic E-state index is 0.0377. The van der Waals surface area contributed by atoms with Crippen LogP contribution in [-0.4, -0.2) is 29.6 Å². The molecule has 0 aliphatic heterocycles. The van der Waals surface area contributed by atoms with Crippen molar-refractivity contribution in [3.63, 3.8) is 0 Å². The predicted octanol–water partition coefficient (Wildman–Crippen LogP) is 0.994. The van der Waals surface area contributed by atoms with Gasteiger partial charge in [-0.3, -0.25) is 10.5 Å². The maximum Gasteiger partial charge on any atom is 0.161 e. The fourth-order valence-electron chi connectivity index (χ4n) is 2.13. The number of methoxy groups -OCH3 is 1. The Labute approximate surface area is 108 Å². The Morgan fingerprint density at radius 3 is 2.61 bits per heavy atom. The second-order valence-corrected chi connectivity index (χ2v) is 4.53. The first-order chi connectivity index (χ1) is 8.56. The number of nitrogens with zero attached hydrogens (tertiary/aromatic N) is 2. The van der Waals surface area contributed by atoms with Crippen LogP contribution in [-0.2, 0) is 11.8 Å². The molecule has 0 radical (unpaired) electrons. The van der Waals surface area contributed by atoms with Crippen molar-refractivity contribution in [2.45, 2.75) is 32.9 Å². The molecule has 18 heavy (non-hydrogen) atoms. The van der Waals surface area contributed by atoms with Crippen LogP contribution in [0, 0.1) is 5.92 Å². The van der Waals surface area contributed by atoms with E-state index in [9.17, 15) is 0 Å². The van der Waals surface area contributed by atoms with Crippen LogP contribution in [0.1, 0.15) is 32.5 Å². The summed E-state index contributed by atoms with van der Waals surface area (Å²) in [7, 11) is 3.49. The fourth-order valence-corrected chi connectivity index (χ4v) is 2.13. The number of nitrogens with one attached hydrogen (secondary N) is 1. The van der Waals surface area contributed by atoms with Gasteiger partial charge in [0, 0.05) is 13.7 Å². The molecule has 0 saturated heterocycles. The molecule has 0 fully saturated rings. The number of hydrogen-bond donors (Lipinski definition) is 2. The molecule has 104 valence electrons. The molecule has 1 aromatic heterocycles. The molecule has 3 N–H and O–H groups in total.